The number of hydrogen-bond donors (Lipinski definition) is 1. The fourth-order valence-electron chi connectivity index (χ4n) is 2.40. The summed E-state index contributed by atoms with van der Waals surface area (Å²) in [5, 5.41) is 3.91. The van der Waals surface area contributed by atoms with E-state index in [1.54, 1.807) is 38.4 Å². The van der Waals surface area contributed by atoms with Crippen LogP contribution in [0.4, 0.5) is 24.7 Å². The van der Waals surface area contributed by atoms with Gasteiger partial charge in [0.2, 0.25) is 0 Å². The third-order valence-corrected chi connectivity index (χ3v) is 3.57. The Bertz CT molecular complexity index is 970. The first-order valence-electron chi connectivity index (χ1n) is 7.66. The first-order chi connectivity index (χ1) is 12.4. The summed E-state index contributed by atoms with van der Waals surface area (Å²) in [6.45, 7) is 1.65. The molecule has 0 bridgehead atoms. The van der Waals surface area contributed by atoms with Crippen molar-refractivity contribution < 1.29 is 17.9 Å². The minimum atomic E-state index is -4.51. The van der Waals surface area contributed by atoms with E-state index in [4.69, 9.17) is 4.74 Å². The Morgan fingerprint density at radius 3 is 2.69 bits per heavy atom. The second-order valence-electron chi connectivity index (χ2n) is 5.44. The molecule has 0 spiro atoms. The van der Waals surface area contributed by atoms with Gasteiger partial charge in [-0.05, 0) is 37.3 Å². The number of ether oxygens (including phenoxy) is 1. The van der Waals surface area contributed by atoms with E-state index in [-0.39, 0.29) is 5.82 Å². The number of methoxy groups -OCH3 is 1. The highest BCUT2D eigenvalue weighted by Gasteiger charge is 2.32. The van der Waals surface area contributed by atoms with Gasteiger partial charge in [-0.25, -0.2) is 9.98 Å². The molecule has 2 aromatic heterocycles. The van der Waals surface area contributed by atoms with Crippen LogP contribution in [0.3, 0.4) is 0 Å². The van der Waals surface area contributed by atoms with Crippen molar-refractivity contribution >= 4 is 28.2 Å². The van der Waals surface area contributed by atoms with E-state index in [0.29, 0.717) is 11.6 Å². The molecule has 0 saturated carbocycles. The predicted molar refractivity (Wildman–Crippen MR) is 93.9 cm³/mol. The molecule has 0 aliphatic rings. The quantitative estimate of drug-likeness (QED) is 0.537. The maximum atomic E-state index is 12.7. The van der Waals surface area contributed by atoms with Gasteiger partial charge in [0, 0.05) is 17.6 Å². The van der Waals surface area contributed by atoms with Gasteiger partial charge in [0.25, 0.3) is 0 Å². The molecule has 3 rings (SSSR count). The van der Waals surface area contributed by atoms with Gasteiger partial charge in [-0.15, -0.1) is 0 Å². The Hall–Kier alpha value is -3.16. The average molecular weight is 360 g/mol. The maximum Gasteiger partial charge on any atom is 0.433 e. The lowest BCUT2D eigenvalue weighted by atomic mass is 10.2. The van der Waals surface area contributed by atoms with Crippen LogP contribution in [0.15, 0.2) is 53.7 Å². The molecule has 1 aromatic carbocycles. The number of fused-ring (bicyclic) bond motifs is 1. The molecule has 3 aromatic rings. The van der Waals surface area contributed by atoms with Gasteiger partial charge in [-0.1, -0.05) is 6.07 Å². The van der Waals surface area contributed by atoms with Crippen molar-refractivity contribution in [2.75, 3.05) is 12.4 Å². The molecule has 0 aliphatic carbocycles. The number of nitrogens with one attached hydrogen (secondary N) is 1. The average Bonchev–Trinajstić information content (AvgIpc) is 2.61. The van der Waals surface area contributed by atoms with E-state index in [9.17, 15) is 13.2 Å². The van der Waals surface area contributed by atoms with Gasteiger partial charge in [-0.2, -0.15) is 13.2 Å². The fraction of sp³-hybridized carbons (Fsp3) is 0.167. The van der Waals surface area contributed by atoms with Crippen LogP contribution in [0.2, 0.25) is 0 Å². The molecular weight excluding hydrogens is 345 g/mol. The molecule has 0 radical (unpaired) electrons. The fourth-order valence-corrected chi connectivity index (χ4v) is 2.40. The molecule has 134 valence electrons. The van der Waals surface area contributed by atoms with Crippen LogP contribution in [0, 0.1) is 0 Å². The van der Waals surface area contributed by atoms with Crippen molar-refractivity contribution in [2.45, 2.75) is 13.1 Å². The summed E-state index contributed by atoms with van der Waals surface area (Å²) in [6.07, 6.45) is -2.88. The Morgan fingerprint density at radius 2 is 1.96 bits per heavy atom. The zero-order chi connectivity index (χ0) is 18.7. The molecule has 26 heavy (non-hydrogen) atoms. The SMILES string of the molecule is COc1ccc2c(NC(C)=Nc3cccc(C(F)(F)F)n3)ccnc2c1. The Balaban J connectivity index is 1.89. The molecule has 0 atom stereocenters. The molecule has 0 fully saturated rings. The molecule has 0 amide bonds. The Kier molecular flexibility index (Phi) is 4.75. The molecule has 0 saturated heterocycles. The monoisotopic (exact) mass is 360 g/mol. The summed E-state index contributed by atoms with van der Waals surface area (Å²) in [6, 6.07) is 10.8. The van der Waals surface area contributed by atoms with Crippen molar-refractivity contribution in [2.24, 2.45) is 4.99 Å². The molecule has 8 heteroatoms. The third-order valence-electron chi connectivity index (χ3n) is 3.57. The van der Waals surface area contributed by atoms with E-state index in [1.807, 2.05) is 6.07 Å². The van der Waals surface area contributed by atoms with Crippen LogP contribution < -0.4 is 10.1 Å². The normalized spacial score (nSPS) is 12.3. The van der Waals surface area contributed by atoms with E-state index in [0.717, 1.165) is 22.7 Å². The van der Waals surface area contributed by atoms with Crippen molar-refractivity contribution in [3.8, 4) is 5.75 Å². The summed E-state index contributed by atoms with van der Waals surface area (Å²) in [5.74, 6) is 1.06. The van der Waals surface area contributed by atoms with Gasteiger partial charge < -0.3 is 10.1 Å². The number of aromatic nitrogens is 2. The minimum Gasteiger partial charge on any atom is -0.497 e. The van der Waals surface area contributed by atoms with Gasteiger partial charge in [0.05, 0.1) is 18.3 Å². The lowest BCUT2D eigenvalue weighted by Crippen LogP contribution is -2.09. The van der Waals surface area contributed by atoms with Crippen molar-refractivity contribution in [3.05, 3.63) is 54.4 Å². The van der Waals surface area contributed by atoms with Crippen molar-refractivity contribution in [3.63, 3.8) is 0 Å². The Labute approximate surface area is 147 Å². The summed E-state index contributed by atoms with van der Waals surface area (Å²) in [4.78, 5) is 11.9. The van der Waals surface area contributed by atoms with Crippen LogP contribution in [0.1, 0.15) is 12.6 Å². The summed E-state index contributed by atoms with van der Waals surface area (Å²) >= 11 is 0. The number of anilines is 1. The standard InChI is InChI=1S/C18H15F3N4O/c1-11(24-17-5-3-4-16(25-17)18(19,20)21)23-14-8-9-22-15-10-12(26-2)6-7-13(14)15/h3-10H,1-2H3,(H,22,23,24,25). The van der Waals surface area contributed by atoms with Gasteiger partial charge >= 0.3 is 6.18 Å². The van der Waals surface area contributed by atoms with Gasteiger partial charge in [0.1, 0.15) is 17.3 Å². The highest BCUT2D eigenvalue weighted by atomic mass is 19.4. The number of halogens is 3. The molecule has 0 aliphatic heterocycles. The first kappa shape index (κ1) is 17.7. The number of benzene rings is 1. The molecular formula is C18H15F3N4O. The number of hydrogen-bond acceptors (Lipinski definition) is 4. The summed E-state index contributed by atoms with van der Waals surface area (Å²) in [7, 11) is 1.57. The number of rotatable bonds is 3. The number of aliphatic imine (C=N–C) groups is 1. The van der Waals surface area contributed by atoms with Crippen LogP contribution >= 0.6 is 0 Å². The van der Waals surface area contributed by atoms with Crippen LogP contribution in [0.5, 0.6) is 5.75 Å². The van der Waals surface area contributed by atoms with E-state index >= 15 is 0 Å². The maximum absolute atomic E-state index is 12.7. The molecule has 0 unspecified atom stereocenters. The second-order valence-corrected chi connectivity index (χ2v) is 5.44. The zero-order valence-electron chi connectivity index (χ0n) is 14.0. The highest BCUT2D eigenvalue weighted by Crippen LogP contribution is 2.29. The lowest BCUT2D eigenvalue weighted by molar-refractivity contribution is -0.141. The number of amidine groups is 1. The molecule has 2 heterocycles. The van der Waals surface area contributed by atoms with Gasteiger partial charge in [0.15, 0.2) is 5.82 Å². The van der Waals surface area contributed by atoms with Crippen LogP contribution in [-0.2, 0) is 6.18 Å². The first-order valence-corrected chi connectivity index (χ1v) is 7.66. The summed E-state index contributed by atoms with van der Waals surface area (Å²) in [5.41, 5.74) is 0.471. The van der Waals surface area contributed by atoms with Crippen molar-refractivity contribution in [1.82, 2.24) is 9.97 Å². The van der Waals surface area contributed by atoms with E-state index in [2.05, 4.69) is 20.3 Å². The van der Waals surface area contributed by atoms with Crippen LogP contribution in [0.25, 0.3) is 10.9 Å². The zero-order valence-corrected chi connectivity index (χ0v) is 14.0. The summed E-state index contributed by atoms with van der Waals surface area (Å²) < 4.78 is 43.4. The third kappa shape index (κ3) is 3.90. The molecule has 5 nitrogen and oxygen atoms in total. The van der Waals surface area contributed by atoms with Crippen LogP contribution in [-0.4, -0.2) is 22.9 Å². The topological polar surface area (TPSA) is 59.4 Å². The van der Waals surface area contributed by atoms with E-state index < -0.39 is 11.9 Å². The molecule has 1 N–H and O–H groups in total. The lowest BCUT2D eigenvalue weighted by Gasteiger charge is -2.10. The second kappa shape index (κ2) is 6.99. The predicted octanol–water partition coefficient (Wildman–Crippen LogP) is 4.82. The number of pyridine rings is 2. The van der Waals surface area contributed by atoms with Crippen molar-refractivity contribution in [1.29, 1.82) is 0 Å². The smallest absolute Gasteiger partial charge is 0.433 e. The largest absolute Gasteiger partial charge is 0.497 e. The number of alkyl halides is 3. The highest BCUT2D eigenvalue weighted by molar-refractivity contribution is 6.03. The van der Waals surface area contributed by atoms with E-state index in [1.165, 1.54) is 12.1 Å². The van der Waals surface area contributed by atoms with Gasteiger partial charge in [-0.3, -0.25) is 4.98 Å². The Morgan fingerprint density at radius 1 is 1.15 bits per heavy atom. The number of nitrogens with zero attached hydrogens (tertiary/aromatic N) is 3. The minimum absolute atomic E-state index is 0.0233.